The maximum absolute atomic E-state index is 16.6. The number of pyridine rings is 2. The second kappa shape index (κ2) is 9.58. The SMILES string of the molecule is CNCCc1nc2c3c(nc(-c4cc(N)cc(F)c4OC(F)(F)F)c(F)c3c1C)O[C@@H](C)[C@@H]1[C@@H]3CC[C@H](CN21)N3. The van der Waals surface area contributed by atoms with Crippen LogP contribution in [-0.2, 0) is 6.42 Å². The van der Waals surface area contributed by atoms with Crippen LogP contribution in [0.5, 0.6) is 11.6 Å². The summed E-state index contributed by atoms with van der Waals surface area (Å²) in [5.41, 5.74) is 5.56. The number of nitrogens with two attached hydrogens (primary N) is 1. The molecule has 0 aliphatic carbocycles. The van der Waals surface area contributed by atoms with Crippen LogP contribution in [0.1, 0.15) is 31.0 Å². The van der Waals surface area contributed by atoms with Crippen LogP contribution in [0.15, 0.2) is 12.1 Å². The summed E-state index contributed by atoms with van der Waals surface area (Å²) < 4.78 is 81.6. The summed E-state index contributed by atoms with van der Waals surface area (Å²) in [7, 11) is 1.79. The minimum atomic E-state index is -5.24. The molecule has 4 N–H and O–H groups in total. The van der Waals surface area contributed by atoms with Crippen LogP contribution in [-0.4, -0.2) is 60.7 Å². The van der Waals surface area contributed by atoms with Crippen molar-refractivity contribution >= 4 is 22.3 Å². The molecule has 1 aromatic carbocycles. The molecule has 2 fully saturated rings. The number of nitrogen functional groups attached to an aromatic ring is 1. The van der Waals surface area contributed by atoms with Gasteiger partial charge in [0.2, 0.25) is 5.88 Å². The molecule has 40 heavy (non-hydrogen) atoms. The highest BCUT2D eigenvalue weighted by Crippen LogP contribution is 2.47. The Balaban J connectivity index is 1.66. The molecule has 2 saturated heterocycles. The normalized spacial score (nSPS) is 23.6. The first-order chi connectivity index (χ1) is 19.0. The number of nitrogens with zero attached hydrogens (tertiary/aromatic N) is 3. The number of hydrogen-bond acceptors (Lipinski definition) is 8. The third-order valence-electron chi connectivity index (χ3n) is 8.04. The number of ether oxygens (including phenoxy) is 2. The number of piperazine rings is 1. The van der Waals surface area contributed by atoms with Gasteiger partial charge < -0.3 is 30.7 Å². The molecule has 3 aliphatic rings. The maximum Gasteiger partial charge on any atom is 0.573 e. The van der Waals surface area contributed by atoms with Gasteiger partial charge in [0.15, 0.2) is 17.4 Å². The molecule has 6 rings (SSSR count). The smallest absolute Gasteiger partial charge is 0.472 e. The molecule has 0 amide bonds. The van der Waals surface area contributed by atoms with Crippen LogP contribution >= 0.6 is 0 Å². The number of anilines is 2. The number of rotatable bonds is 5. The maximum atomic E-state index is 16.6. The number of nitrogens with one attached hydrogen (secondary N) is 2. The molecule has 0 unspecified atom stereocenters. The van der Waals surface area contributed by atoms with Gasteiger partial charge in [-0.1, -0.05) is 0 Å². The zero-order valence-electron chi connectivity index (χ0n) is 22.1. The van der Waals surface area contributed by atoms with Gasteiger partial charge in [-0.05, 0) is 45.4 Å². The number of benzene rings is 1. The van der Waals surface area contributed by atoms with Crippen molar-refractivity contribution < 1.29 is 31.4 Å². The molecular weight excluding hydrogens is 535 g/mol. The lowest BCUT2D eigenvalue weighted by Gasteiger charge is -2.43. The van der Waals surface area contributed by atoms with E-state index in [1.807, 2.05) is 6.92 Å². The number of hydrogen-bond donors (Lipinski definition) is 3. The molecular formula is C27H29F5N6O2. The summed E-state index contributed by atoms with van der Waals surface area (Å²) in [5, 5.41) is 7.14. The van der Waals surface area contributed by atoms with Crippen LogP contribution in [0, 0.1) is 18.6 Å². The first kappa shape index (κ1) is 26.8. The first-order valence-electron chi connectivity index (χ1n) is 13.2. The van der Waals surface area contributed by atoms with E-state index in [0.717, 1.165) is 18.9 Å². The van der Waals surface area contributed by atoms with E-state index >= 15 is 4.39 Å². The largest absolute Gasteiger partial charge is 0.573 e. The van der Waals surface area contributed by atoms with Crippen molar-refractivity contribution in [1.29, 1.82) is 0 Å². The summed E-state index contributed by atoms with van der Waals surface area (Å²) in [6.45, 7) is 4.79. The van der Waals surface area contributed by atoms with E-state index < -0.39 is 41.1 Å². The molecule has 13 heteroatoms. The molecule has 214 valence electrons. The molecule has 0 radical (unpaired) electrons. The number of halogens is 5. The second-order valence-electron chi connectivity index (χ2n) is 10.6. The van der Waals surface area contributed by atoms with Gasteiger partial charge in [-0.15, -0.1) is 13.2 Å². The van der Waals surface area contributed by atoms with E-state index in [1.165, 1.54) is 0 Å². The Hall–Kier alpha value is -3.45. The van der Waals surface area contributed by atoms with Gasteiger partial charge in [-0.2, -0.15) is 0 Å². The fraction of sp³-hybridized carbons (Fsp3) is 0.481. The van der Waals surface area contributed by atoms with Crippen molar-refractivity contribution in [3.8, 4) is 22.9 Å². The van der Waals surface area contributed by atoms with Gasteiger partial charge in [0.25, 0.3) is 0 Å². The Kier molecular flexibility index (Phi) is 6.41. The van der Waals surface area contributed by atoms with Gasteiger partial charge in [0.1, 0.15) is 17.6 Å². The van der Waals surface area contributed by atoms with Gasteiger partial charge in [0, 0.05) is 54.4 Å². The van der Waals surface area contributed by atoms with Crippen molar-refractivity contribution in [3.63, 3.8) is 0 Å². The zero-order chi connectivity index (χ0) is 28.5. The Morgan fingerprint density at radius 3 is 2.70 bits per heavy atom. The number of likely N-dealkylation sites (N-methyl/N-ethyl adjacent to an activating group) is 1. The molecule has 2 bridgehead atoms. The van der Waals surface area contributed by atoms with E-state index in [1.54, 1.807) is 14.0 Å². The molecule has 5 heterocycles. The van der Waals surface area contributed by atoms with E-state index in [0.29, 0.717) is 48.0 Å². The summed E-state index contributed by atoms with van der Waals surface area (Å²) in [6, 6.07) is 1.91. The topological polar surface area (TPSA) is 97.6 Å². The Labute approximate surface area is 227 Å². The average Bonchev–Trinajstić information content (AvgIpc) is 3.20. The molecule has 3 aromatic rings. The number of fused-ring (bicyclic) bond motifs is 5. The van der Waals surface area contributed by atoms with Gasteiger partial charge >= 0.3 is 6.36 Å². The van der Waals surface area contributed by atoms with Gasteiger partial charge in [-0.3, -0.25) is 0 Å². The fourth-order valence-electron chi connectivity index (χ4n) is 6.38. The van der Waals surface area contributed by atoms with E-state index in [9.17, 15) is 17.6 Å². The van der Waals surface area contributed by atoms with E-state index in [-0.39, 0.29) is 35.1 Å². The molecule has 3 aliphatic heterocycles. The number of aryl methyl sites for hydroxylation is 1. The van der Waals surface area contributed by atoms with E-state index in [4.69, 9.17) is 15.5 Å². The third kappa shape index (κ3) is 4.35. The molecule has 2 aromatic heterocycles. The van der Waals surface area contributed by atoms with Crippen molar-refractivity contribution in [2.45, 2.75) is 63.7 Å². The standard InChI is InChI=1S/C27H29F5N6O2/c1-11-17(6-7-34-3)36-25-20-19(11)21(29)22(15-8-13(33)9-16(28)24(15)40-27(30,31)32)37-26(20)39-12(2)23-18-5-4-14(35-18)10-38(23)25/h8-9,12,14,18,23,34-35H,4-7,10,33H2,1-3H3/t12-,14+,18-,23+/m0/s1. The fourth-order valence-corrected chi connectivity index (χ4v) is 6.38. The highest BCUT2D eigenvalue weighted by Gasteiger charge is 2.47. The Morgan fingerprint density at radius 1 is 1.20 bits per heavy atom. The Morgan fingerprint density at radius 2 is 1.98 bits per heavy atom. The second-order valence-corrected chi connectivity index (χ2v) is 10.6. The van der Waals surface area contributed by atoms with Crippen LogP contribution in [0.4, 0.5) is 33.5 Å². The average molecular weight is 565 g/mol. The van der Waals surface area contributed by atoms with Gasteiger partial charge in [0.05, 0.1) is 17.0 Å². The van der Waals surface area contributed by atoms with Crippen LogP contribution < -0.4 is 30.7 Å². The highest BCUT2D eigenvalue weighted by molar-refractivity contribution is 6.02. The van der Waals surface area contributed by atoms with Crippen molar-refractivity contribution in [1.82, 2.24) is 20.6 Å². The van der Waals surface area contributed by atoms with Crippen molar-refractivity contribution in [2.75, 3.05) is 30.8 Å². The van der Waals surface area contributed by atoms with E-state index in [2.05, 4.69) is 25.3 Å². The lowest BCUT2D eigenvalue weighted by atomic mass is 9.97. The van der Waals surface area contributed by atoms with Crippen LogP contribution in [0.3, 0.4) is 0 Å². The molecule has 4 atom stereocenters. The number of alkyl halides is 3. The summed E-state index contributed by atoms with van der Waals surface area (Å²) >= 11 is 0. The quantitative estimate of drug-likeness (QED) is 0.313. The zero-order valence-corrected chi connectivity index (χ0v) is 22.1. The molecule has 0 spiro atoms. The summed E-state index contributed by atoms with van der Waals surface area (Å²) in [4.78, 5) is 11.5. The van der Waals surface area contributed by atoms with Crippen LogP contribution in [0.25, 0.3) is 22.0 Å². The monoisotopic (exact) mass is 564 g/mol. The lowest BCUT2D eigenvalue weighted by molar-refractivity contribution is -0.275. The van der Waals surface area contributed by atoms with Gasteiger partial charge in [-0.25, -0.2) is 18.7 Å². The third-order valence-corrected chi connectivity index (χ3v) is 8.04. The predicted molar refractivity (Wildman–Crippen MR) is 140 cm³/mol. The minimum absolute atomic E-state index is 0.00994. The first-order valence-corrected chi connectivity index (χ1v) is 13.2. The molecule has 0 saturated carbocycles. The predicted octanol–water partition coefficient (Wildman–Crippen LogP) is 4.22. The van der Waals surface area contributed by atoms with Crippen molar-refractivity contribution in [3.05, 3.63) is 35.0 Å². The highest BCUT2D eigenvalue weighted by atomic mass is 19.4. The van der Waals surface area contributed by atoms with Crippen LogP contribution in [0.2, 0.25) is 0 Å². The summed E-state index contributed by atoms with van der Waals surface area (Å²) in [6.07, 6.45) is -3.26. The minimum Gasteiger partial charge on any atom is -0.472 e. The lowest BCUT2D eigenvalue weighted by Crippen LogP contribution is -2.62. The van der Waals surface area contributed by atoms with Crippen molar-refractivity contribution in [2.24, 2.45) is 0 Å². The molecule has 8 nitrogen and oxygen atoms in total. The summed E-state index contributed by atoms with van der Waals surface area (Å²) in [5.74, 6) is -3.01. The number of aromatic nitrogens is 2. The Bertz CT molecular complexity index is 1500.